The van der Waals surface area contributed by atoms with Crippen LogP contribution in [-0.4, -0.2) is 55.0 Å². The Hall–Kier alpha value is -3.49. The first-order valence-electron chi connectivity index (χ1n) is 10.7. The van der Waals surface area contributed by atoms with E-state index >= 15 is 0 Å². The summed E-state index contributed by atoms with van der Waals surface area (Å²) in [5, 5.41) is 8.95. The van der Waals surface area contributed by atoms with Gasteiger partial charge in [-0.25, -0.2) is 9.36 Å². The summed E-state index contributed by atoms with van der Waals surface area (Å²) >= 11 is 0. The highest BCUT2D eigenvalue weighted by Crippen LogP contribution is 2.23. The highest BCUT2D eigenvalue weighted by Gasteiger charge is 2.27. The molecule has 0 saturated carbocycles. The fraction of sp³-hybridized carbons (Fsp3) is 0.409. The Morgan fingerprint density at radius 1 is 1.06 bits per heavy atom. The van der Waals surface area contributed by atoms with Crippen LogP contribution in [0.3, 0.4) is 0 Å². The molecule has 1 amide bonds. The number of fused-ring (bicyclic) bond motifs is 1. The molecule has 0 aromatic carbocycles. The zero-order chi connectivity index (χ0) is 21.2. The minimum atomic E-state index is -0.111. The van der Waals surface area contributed by atoms with Crippen LogP contribution in [0.25, 0.3) is 11.3 Å². The van der Waals surface area contributed by atoms with Gasteiger partial charge in [0.25, 0.3) is 11.5 Å². The SMILES string of the molecule is O=C(c1cc2n(n1)CCCO2)N1CCC(Cn2nc(-c3ccncc3)ccc2=O)CC1. The van der Waals surface area contributed by atoms with Gasteiger partial charge in [0.1, 0.15) is 0 Å². The first-order valence-corrected chi connectivity index (χ1v) is 10.7. The number of ether oxygens (including phenoxy) is 1. The van der Waals surface area contributed by atoms with Gasteiger partial charge in [0.15, 0.2) is 5.69 Å². The van der Waals surface area contributed by atoms with Crippen LogP contribution in [0, 0.1) is 5.92 Å². The van der Waals surface area contributed by atoms with Crippen LogP contribution in [0.2, 0.25) is 0 Å². The van der Waals surface area contributed by atoms with Crippen LogP contribution < -0.4 is 10.3 Å². The molecule has 0 atom stereocenters. The number of pyridine rings is 1. The highest BCUT2D eigenvalue weighted by molar-refractivity contribution is 5.92. The van der Waals surface area contributed by atoms with E-state index in [2.05, 4.69) is 15.2 Å². The molecule has 3 aromatic rings. The number of carbonyl (C=O) groups excluding carboxylic acids is 1. The van der Waals surface area contributed by atoms with Crippen molar-refractivity contribution in [2.45, 2.75) is 32.4 Å². The Morgan fingerprint density at radius 2 is 1.87 bits per heavy atom. The Balaban J connectivity index is 1.23. The second-order valence-electron chi connectivity index (χ2n) is 8.00. The molecule has 9 heteroatoms. The third-order valence-electron chi connectivity index (χ3n) is 5.90. The average molecular weight is 420 g/mol. The van der Waals surface area contributed by atoms with Gasteiger partial charge in [-0.05, 0) is 37.0 Å². The molecule has 31 heavy (non-hydrogen) atoms. The summed E-state index contributed by atoms with van der Waals surface area (Å²) in [6.07, 6.45) is 5.97. The van der Waals surface area contributed by atoms with Crippen LogP contribution in [0.4, 0.5) is 0 Å². The van der Waals surface area contributed by atoms with E-state index in [-0.39, 0.29) is 11.5 Å². The number of hydrogen-bond donors (Lipinski definition) is 0. The van der Waals surface area contributed by atoms with E-state index in [0.29, 0.717) is 43.7 Å². The number of hydrogen-bond acceptors (Lipinski definition) is 6. The Labute approximate surface area is 179 Å². The normalized spacial score (nSPS) is 16.6. The molecule has 0 bridgehead atoms. The van der Waals surface area contributed by atoms with Crippen LogP contribution >= 0.6 is 0 Å². The Kier molecular flexibility index (Phi) is 5.23. The second kappa shape index (κ2) is 8.33. The third-order valence-corrected chi connectivity index (χ3v) is 5.90. The molecule has 5 rings (SSSR count). The number of nitrogens with zero attached hydrogens (tertiary/aromatic N) is 6. The van der Waals surface area contributed by atoms with Gasteiger partial charge < -0.3 is 9.64 Å². The van der Waals surface area contributed by atoms with E-state index in [1.165, 1.54) is 0 Å². The summed E-state index contributed by atoms with van der Waals surface area (Å²) in [6.45, 7) is 3.29. The largest absolute Gasteiger partial charge is 0.478 e. The molecule has 0 unspecified atom stereocenters. The molecule has 160 valence electrons. The van der Waals surface area contributed by atoms with E-state index in [9.17, 15) is 9.59 Å². The average Bonchev–Trinajstić information content (AvgIpc) is 3.25. The highest BCUT2D eigenvalue weighted by atomic mass is 16.5. The number of likely N-dealkylation sites (tertiary alicyclic amines) is 1. The molecule has 1 fully saturated rings. The van der Waals surface area contributed by atoms with Gasteiger partial charge in [0.05, 0.1) is 12.3 Å². The minimum absolute atomic E-state index is 0.0565. The van der Waals surface area contributed by atoms with E-state index in [0.717, 1.165) is 37.1 Å². The summed E-state index contributed by atoms with van der Waals surface area (Å²) < 4.78 is 8.87. The monoisotopic (exact) mass is 420 g/mol. The molecule has 0 spiro atoms. The fourth-order valence-corrected chi connectivity index (χ4v) is 4.15. The summed E-state index contributed by atoms with van der Waals surface area (Å²) in [5.74, 6) is 0.906. The van der Waals surface area contributed by atoms with Gasteiger partial charge in [0.2, 0.25) is 5.88 Å². The molecule has 3 aromatic heterocycles. The van der Waals surface area contributed by atoms with Gasteiger partial charge in [-0.3, -0.25) is 14.6 Å². The predicted octanol–water partition coefficient (Wildman–Crippen LogP) is 1.84. The number of aromatic nitrogens is 5. The van der Waals surface area contributed by atoms with Gasteiger partial charge in [-0.15, -0.1) is 0 Å². The molecule has 5 heterocycles. The summed E-state index contributed by atoms with van der Waals surface area (Å²) in [7, 11) is 0. The number of rotatable bonds is 4. The second-order valence-corrected chi connectivity index (χ2v) is 8.00. The van der Waals surface area contributed by atoms with E-state index in [1.54, 1.807) is 40.0 Å². The molecule has 0 N–H and O–H groups in total. The van der Waals surface area contributed by atoms with Gasteiger partial charge in [0, 0.05) is 62.7 Å². The van der Waals surface area contributed by atoms with E-state index in [4.69, 9.17) is 4.74 Å². The van der Waals surface area contributed by atoms with Crippen molar-refractivity contribution >= 4 is 5.91 Å². The number of carbonyl (C=O) groups is 1. The number of aryl methyl sites for hydroxylation is 1. The smallest absolute Gasteiger partial charge is 0.274 e. The van der Waals surface area contributed by atoms with E-state index < -0.39 is 0 Å². The zero-order valence-corrected chi connectivity index (χ0v) is 17.2. The standard InChI is InChI=1S/C22H24N6O3/c29-20-3-2-18(17-4-8-23-9-5-17)24-28(20)15-16-6-11-26(12-7-16)22(30)19-14-21-27(25-19)10-1-13-31-21/h2-5,8-9,14,16H,1,6-7,10-13,15H2. The summed E-state index contributed by atoms with van der Waals surface area (Å²) in [6, 6.07) is 8.79. The van der Waals surface area contributed by atoms with Crippen molar-refractivity contribution in [3.05, 3.63) is 58.8 Å². The van der Waals surface area contributed by atoms with Crippen molar-refractivity contribution in [1.29, 1.82) is 0 Å². The maximum absolute atomic E-state index is 12.9. The van der Waals surface area contributed by atoms with Gasteiger partial charge in [-0.2, -0.15) is 10.2 Å². The van der Waals surface area contributed by atoms with Crippen LogP contribution in [0.5, 0.6) is 5.88 Å². The van der Waals surface area contributed by atoms with Crippen LogP contribution in [0.15, 0.2) is 47.5 Å². The Bertz CT molecular complexity index is 1110. The lowest BCUT2D eigenvalue weighted by atomic mass is 9.96. The molecular weight excluding hydrogens is 396 g/mol. The van der Waals surface area contributed by atoms with Crippen molar-refractivity contribution in [1.82, 2.24) is 29.4 Å². The molecule has 9 nitrogen and oxygen atoms in total. The molecule has 2 aliphatic rings. The maximum Gasteiger partial charge on any atom is 0.274 e. The van der Waals surface area contributed by atoms with Gasteiger partial charge >= 0.3 is 0 Å². The molecule has 1 saturated heterocycles. The number of amides is 1. The van der Waals surface area contributed by atoms with Crippen molar-refractivity contribution in [2.75, 3.05) is 19.7 Å². The minimum Gasteiger partial charge on any atom is -0.478 e. The van der Waals surface area contributed by atoms with Crippen LogP contribution in [-0.2, 0) is 13.1 Å². The topological polar surface area (TPSA) is 95.1 Å². The van der Waals surface area contributed by atoms with Crippen LogP contribution in [0.1, 0.15) is 29.8 Å². The Morgan fingerprint density at radius 3 is 2.65 bits per heavy atom. The van der Waals surface area contributed by atoms with Crippen molar-refractivity contribution in [3.63, 3.8) is 0 Å². The van der Waals surface area contributed by atoms with E-state index in [1.807, 2.05) is 17.0 Å². The molecule has 0 aliphatic carbocycles. The maximum atomic E-state index is 12.9. The first-order chi connectivity index (χ1) is 15.2. The lowest BCUT2D eigenvalue weighted by Crippen LogP contribution is -2.40. The predicted molar refractivity (Wildman–Crippen MR) is 113 cm³/mol. The summed E-state index contributed by atoms with van der Waals surface area (Å²) in [4.78, 5) is 31.1. The van der Waals surface area contributed by atoms with Gasteiger partial charge in [-0.1, -0.05) is 0 Å². The molecular formula is C22H24N6O3. The number of piperidine rings is 1. The fourth-order valence-electron chi connectivity index (χ4n) is 4.15. The van der Waals surface area contributed by atoms with Crippen molar-refractivity contribution in [3.8, 4) is 17.1 Å². The zero-order valence-electron chi connectivity index (χ0n) is 17.2. The van der Waals surface area contributed by atoms with Crippen molar-refractivity contribution < 1.29 is 9.53 Å². The molecule has 2 aliphatic heterocycles. The molecule has 0 radical (unpaired) electrons. The third kappa shape index (κ3) is 4.08. The quantitative estimate of drug-likeness (QED) is 0.639. The first kappa shape index (κ1) is 19.5. The van der Waals surface area contributed by atoms with Crippen molar-refractivity contribution in [2.24, 2.45) is 5.92 Å². The lowest BCUT2D eigenvalue weighted by Gasteiger charge is -2.31. The summed E-state index contributed by atoms with van der Waals surface area (Å²) in [5.41, 5.74) is 2.01. The lowest BCUT2D eigenvalue weighted by molar-refractivity contribution is 0.0673.